The van der Waals surface area contributed by atoms with E-state index < -0.39 is 0 Å². The summed E-state index contributed by atoms with van der Waals surface area (Å²) in [5.74, 6) is 2.63. The van der Waals surface area contributed by atoms with Crippen molar-refractivity contribution in [2.75, 3.05) is 33.4 Å². The van der Waals surface area contributed by atoms with Crippen LogP contribution in [0.2, 0.25) is 0 Å². The second-order valence-corrected chi connectivity index (χ2v) is 8.32. The molecular formula is C25H27N3O5. The molecule has 0 spiro atoms. The van der Waals surface area contributed by atoms with E-state index in [1.165, 1.54) is 0 Å². The fourth-order valence-corrected chi connectivity index (χ4v) is 4.39. The van der Waals surface area contributed by atoms with E-state index in [0.717, 1.165) is 43.9 Å². The Labute approximate surface area is 192 Å². The van der Waals surface area contributed by atoms with Crippen molar-refractivity contribution >= 4 is 5.91 Å². The van der Waals surface area contributed by atoms with E-state index in [9.17, 15) is 4.79 Å². The van der Waals surface area contributed by atoms with Gasteiger partial charge in [-0.05, 0) is 37.1 Å². The van der Waals surface area contributed by atoms with Crippen molar-refractivity contribution < 1.29 is 23.5 Å². The summed E-state index contributed by atoms with van der Waals surface area (Å²) < 4.78 is 22.7. The Balaban J connectivity index is 1.28. The number of rotatable bonds is 6. The predicted octanol–water partition coefficient (Wildman–Crippen LogP) is 3.93. The summed E-state index contributed by atoms with van der Waals surface area (Å²) in [4.78, 5) is 19.5. The van der Waals surface area contributed by atoms with E-state index in [2.05, 4.69) is 10.1 Å². The summed E-state index contributed by atoms with van der Waals surface area (Å²) in [6, 6.07) is 14.9. The highest BCUT2D eigenvalue weighted by atomic mass is 16.5. The van der Waals surface area contributed by atoms with Crippen LogP contribution in [0.1, 0.15) is 41.4 Å². The average Bonchev–Trinajstić information content (AvgIpc) is 3.55. The van der Waals surface area contributed by atoms with Gasteiger partial charge in [-0.1, -0.05) is 29.4 Å². The monoisotopic (exact) mass is 449 g/mol. The third kappa shape index (κ3) is 4.57. The minimum absolute atomic E-state index is 0.0511. The zero-order chi connectivity index (χ0) is 22.6. The molecule has 2 fully saturated rings. The van der Waals surface area contributed by atoms with Crippen molar-refractivity contribution in [1.29, 1.82) is 0 Å². The van der Waals surface area contributed by atoms with Gasteiger partial charge in [0, 0.05) is 32.1 Å². The van der Waals surface area contributed by atoms with Gasteiger partial charge in [-0.25, -0.2) is 0 Å². The molecule has 33 heavy (non-hydrogen) atoms. The Morgan fingerprint density at radius 1 is 1.03 bits per heavy atom. The van der Waals surface area contributed by atoms with Gasteiger partial charge in [-0.3, -0.25) is 4.79 Å². The van der Waals surface area contributed by atoms with E-state index >= 15 is 0 Å². The van der Waals surface area contributed by atoms with Crippen molar-refractivity contribution in [1.82, 2.24) is 15.0 Å². The van der Waals surface area contributed by atoms with Crippen LogP contribution in [-0.2, 0) is 4.74 Å². The number of benzene rings is 2. The third-order valence-electron chi connectivity index (χ3n) is 6.21. The fourth-order valence-electron chi connectivity index (χ4n) is 4.39. The van der Waals surface area contributed by atoms with Gasteiger partial charge in [0.05, 0.1) is 24.8 Å². The lowest BCUT2D eigenvalue weighted by Crippen LogP contribution is -2.31. The van der Waals surface area contributed by atoms with E-state index in [1.54, 1.807) is 24.1 Å². The number of likely N-dealkylation sites (tertiary alicyclic amines) is 1. The first-order valence-electron chi connectivity index (χ1n) is 11.3. The molecule has 0 radical (unpaired) electrons. The maximum Gasteiger partial charge on any atom is 0.261 e. The smallest absolute Gasteiger partial charge is 0.261 e. The topological polar surface area (TPSA) is 86.9 Å². The molecule has 0 N–H and O–H groups in total. The molecule has 2 saturated heterocycles. The summed E-state index contributed by atoms with van der Waals surface area (Å²) in [7, 11) is 1.57. The minimum Gasteiger partial charge on any atom is -0.496 e. The first kappa shape index (κ1) is 21.5. The average molecular weight is 450 g/mol. The SMILES string of the molecule is COc1ccccc1C(=O)N1CCC(Oc2ccccc2-c2nc(C3CCOCC3)no2)C1. The van der Waals surface area contributed by atoms with Crippen LogP contribution in [0.25, 0.3) is 11.5 Å². The molecule has 1 unspecified atom stereocenters. The zero-order valence-electron chi connectivity index (χ0n) is 18.6. The molecule has 172 valence electrons. The van der Waals surface area contributed by atoms with Crippen LogP contribution >= 0.6 is 0 Å². The fraction of sp³-hybridized carbons (Fsp3) is 0.400. The lowest BCUT2D eigenvalue weighted by atomic mass is 10.00. The second kappa shape index (κ2) is 9.62. The molecule has 1 amide bonds. The van der Waals surface area contributed by atoms with E-state index in [4.69, 9.17) is 18.7 Å². The summed E-state index contributed by atoms with van der Waals surface area (Å²) in [6.45, 7) is 2.57. The quantitative estimate of drug-likeness (QED) is 0.563. The Bertz CT molecular complexity index is 1110. The minimum atomic E-state index is -0.123. The molecule has 5 rings (SSSR count). The Hall–Kier alpha value is -3.39. The molecule has 2 aromatic carbocycles. The first-order chi connectivity index (χ1) is 16.2. The number of carbonyl (C=O) groups is 1. The molecule has 2 aliphatic heterocycles. The second-order valence-electron chi connectivity index (χ2n) is 8.32. The van der Waals surface area contributed by atoms with Gasteiger partial charge in [0.15, 0.2) is 5.82 Å². The molecule has 1 aromatic heterocycles. The predicted molar refractivity (Wildman–Crippen MR) is 120 cm³/mol. The van der Waals surface area contributed by atoms with Crippen molar-refractivity contribution in [3.8, 4) is 23.0 Å². The number of hydrogen-bond donors (Lipinski definition) is 0. The summed E-state index contributed by atoms with van der Waals surface area (Å²) in [5.41, 5.74) is 1.32. The highest BCUT2D eigenvalue weighted by Crippen LogP contribution is 2.33. The van der Waals surface area contributed by atoms with Crippen molar-refractivity contribution in [2.45, 2.75) is 31.3 Å². The van der Waals surface area contributed by atoms with Crippen LogP contribution in [-0.4, -0.2) is 60.5 Å². The van der Waals surface area contributed by atoms with E-state index in [1.807, 2.05) is 36.4 Å². The Morgan fingerprint density at radius 3 is 2.61 bits per heavy atom. The van der Waals surface area contributed by atoms with Gasteiger partial charge < -0.3 is 23.6 Å². The summed E-state index contributed by atoms with van der Waals surface area (Å²) >= 11 is 0. The van der Waals surface area contributed by atoms with Crippen molar-refractivity contribution in [2.24, 2.45) is 0 Å². The number of carbonyl (C=O) groups excluding carboxylic acids is 1. The van der Waals surface area contributed by atoms with Gasteiger partial charge >= 0.3 is 0 Å². The highest BCUT2D eigenvalue weighted by Gasteiger charge is 2.30. The van der Waals surface area contributed by atoms with Crippen molar-refractivity contribution in [3.63, 3.8) is 0 Å². The maximum absolute atomic E-state index is 13.0. The van der Waals surface area contributed by atoms with Gasteiger partial charge in [-0.15, -0.1) is 0 Å². The van der Waals surface area contributed by atoms with Gasteiger partial charge in [0.1, 0.15) is 17.6 Å². The number of hydrogen-bond acceptors (Lipinski definition) is 7. The molecule has 8 heteroatoms. The normalized spacial score (nSPS) is 18.9. The van der Waals surface area contributed by atoms with Crippen LogP contribution in [0, 0.1) is 0 Å². The zero-order valence-corrected chi connectivity index (χ0v) is 18.6. The maximum atomic E-state index is 13.0. The number of methoxy groups -OCH3 is 1. The molecule has 8 nitrogen and oxygen atoms in total. The molecule has 0 aliphatic carbocycles. The van der Waals surface area contributed by atoms with Crippen LogP contribution in [0.15, 0.2) is 53.1 Å². The number of aromatic nitrogens is 2. The van der Waals surface area contributed by atoms with Crippen molar-refractivity contribution in [3.05, 3.63) is 59.9 Å². The van der Waals surface area contributed by atoms with Crippen LogP contribution in [0.3, 0.4) is 0 Å². The number of nitrogens with zero attached hydrogens (tertiary/aromatic N) is 3. The van der Waals surface area contributed by atoms with Crippen LogP contribution in [0.4, 0.5) is 0 Å². The number of ether oxygens (including phenoxy) is 3. The molecule has 1 atom stereocenters. The lowest BCUT2D eigenvalue weighted by molar-refractivity contribution is 0.0769. The molecule has 0 bridgehead atoms. The molecule has 2 aliphatic rings. The standard InChI is InChI=1S/C25H27N3O5/c1-30-21-8-4-3-7-20(21)25(29)28-13-10-18(16-28)32-22-9-5-2-6-19(22)24-26-23(27-33-24)17-11-14-31-15-12-17/h2-9,17-18H,10-16H2,1H3. The number of para-hydroxylation sites is 2. The summed E-state index contributed by atoms with van der Waals surface area (Å²) in [6.07, 6.45) is 2.42. The summed E-state index contributed by atoms with van der Waals surface area (Å²) in [5, 5.41) is 4.21. The van der Waals surface area contributed by atoms with E-state index in [-0.39, 0.29) is 17.9 Å². The van der Waals surface area contributed by atoms with Gasteiger partial charge in [0.25, 0.3) is 11.8 Å². The Kier molecular flexibility index (Phi) is 6.26. The largest absolute Gasteiger partial charge is 0.496 e. The third-order valence-corrected chi connectivity index (χ3v) is 6.21. The molecular weight excluding hydrogens is 422 g/mol. The molecule has 3 aromatic rings. The van der Waals surface area contributed by atoms with Crippen LogP contribution in [0.5, 0.6) is 11.5 Å². The Morgan fingerprint density at radius 2 is 1.79 bits per heavy atom. The van der Waals surface area contributed by atoms with Gasteiger partial charge in [-0.2, -0.15) is 4.98 Å². The first-order valence-corrected chi connectivity index (χ1v) is 11.3. The lowest BCUT2D eigenvalue weighted by Gasteiger charge is -2.19. The molecule has 0 saturated carbocycles. The number of amides is 1. The van der Waals surface area contributed by atoms with Crippen LogP contribution < -0.4 is 9.47 Å². The molecule has 3 heterocycles. The van der Waals surface area contributed by atoms with Gasteiger partial charge in [0.2, 0.25) is 0 Å². The highest BCUT2D eigenvalue weighted by molar-refractivity contribution is 5.97. The van der Waals surface area contributed by atoms with E-state index in [0.29, 0.717) is 36.0 Å².